The van der Waals surface area contributed by atoms with Gasteiger partial charge in [-0.15, -0.1) is 11.8 Å². The van der Waals surface area contributed by atoms with Crippen molar-refractivity contribution in [3.63, 3.8) is 0 Å². The number of nitrogens with zero attached hydrogens (tertiary/aromatic N) is 3. The molecule has 4 nitrogen and oxygen atoms in total. The van der Waals surface area contributed by atoms with Crippen LogP contribution in [0.3, 0.4) is 0 Å². The molecule has 0 atom stereocenters. The molecule has 0 spiro atoms. The zero-order valence-electron chi connectivity index (χ0n) is 14.7. The predicted octanol–water partition coefficient (Wildman–Crippen LogP) is 4.66. The molecule has 0 saturated carbocycles. The Labute approximate surface area is 170 Å². The van der Waals surface area contributed by atoms with Crippen LogP contribution in [0.25, 0.3) is 10.9 Å². The van der Waals surface area contributed by atoms with Crippen molar-refractivity contribution in [2.45, 2.75) is 17.3 Å². The zero-order valence-corrected chi connectivity index (χ0v) is 17.1. The van der Waals surface area contributed by atoms with E-state index in [1.165, 1.54) is 12.1 Å². The summed E-state index contributed by atoms with van der Waals surface area (Å²) in [6.45, 7) is 4.05. The van der Waals surface area contributed by atoms with Crippen molar-refractivity contribution in [1.82, 2.24) is 14.9 Å². The van der Waals surface area contributed by atoms with E-state index in [-0.39, 0.29) is 5.82 Å². The molecule has 7 heteroatoms. The van der Waals surface area contributed by atoms with Crippen molar-refractivity contribution in [1.29, 1.82) is 0 Å². The third-order valence-corrected chi connectivity index (χ3v) is 6.24. The van der Waals surface area contributed by atoms with E-state index in [2.05, 4.69) is 26.9 Å². The Balaban J connectivity index is 1.59. The molecule has 27 heavy (non-hydrogen) atoms. The molecule has 140 valence electrons. The molecule has 1 aliphatic heterocycles. The minimum absolute atomic E-state index is 0.240. The van der Waals surface area contributed by atoms with E-state index >= 15 is 0 Å². The third kappa shape index (κ3) is 4.66. The summed E-state index contributed by atoms with van der Waals surface area (Å²) in [5.74, 6) is 1.30. The minimum atomic E-state index is -0.240. The van der Waals surface area contributed by atoms with Crippen molar-refractivity contribution >= 4 is 38.6 Å². The van der Waals surface area contributed by atoms with Gasteiger partial charge in [-0.1, -0.05) is 40.2 Å². The highest BCUT2D eigenvalue weighted by Crippen LogP contribution is 2.31. The highest BCUT2D eigenvalue weighted by Gasteiger charge is 2.15. The maximum absolute atomic E-state index is 13.3. The molecule has 0 radical (unpaired) electrons. The van der Waals surface area contributed by atoms with Gasteiger partial charge >= 0.3 is 0 Å². The largest absolute Gasteiger partial charge is 0.379 e. The number of fused-ring (bicyclic) bond motifs is 1. The average molecular weight is 448 g/mol. The smallest absolute Gasteiger partial charge is 0.144 e. The summed E-state index contributed by atoms with van der Waals surface area (Å²) in [7, 11) is 0. The van der Waals surface area contributed by atoms with Gasteiger partial charge in [-0.2, -0.15) is 0 Å². The van der Waals surface area contributed by atoms with Crippen LogP contribution in [0, 0.1) is 5.82 Å². The predicted molar refractivity (Wildman–Crippen MR) is 109 cm³/mol. The molecule has 0 aliphatic carbocycles. The molecule has 1 fully saturated rings. The second-order valence-corrected chi connectivity index (χ2v) is 8.19. The van der Waals surface area contributed by atoms with Crippen LogP contribution < -0.4 is 0 Å². The highest BCUT2D eigenvalue weighted by molar-refractivity contribution is 9.10. The highest BCUT2D eigenvalue weighted by atomic mass is 79.9. The van der Waals surface area contributed by atoms with Crippen molar-refractivity contribution in [3.8, 4) is 0 Å². The molecule has 4 rings (SSSR count). The summed E-state index contributed by atoms with van der Waals surface area (Å²) in [4.78, 5) is 11.9. The molecular weight excluding hydrogens is 429 g/mol. The number of aromatic nitrogens is 2. The first kappa shape index (κ1) is 18.8. The van der Waals surface area contributed by atoms with Gasteiger partial charge in [0.05, 0.1) is 25.3 Å². The first-order valence-electron chi connectivity index (χ1n) is 8.81. The van der Waals surface area contributed by atoms with Crippen LogP contribution in [0.15, 0.2) is 52.0 Å². The van der Waals surface area contributed by atoms with E-state index in [4.69, 9.17) is 14.7 Å². The van der Waals surface area contributed by atoms with Crippen LogP contribution in [0.4, 0.5) is 4.39 Å². The maximum atomic E-state index is 13.3. The molecule has 0 bridgehead atoms. The molecule has 0 unspecified atom stereocenters. The van der Waals surface area contributed by atoms with E-state index in [1.807, 2.05) is 24.3 Å². The molecule has 2 heterocycles. The molecule has 3 aromatic rings. The quantitative estimate of drug-likeness (QED) is 0.420. The number of benzene rings is 2. The second kappa shape index (κ2) is 8.65. The maximum Gasteiger partial charge on any atom is 0.144 e. The molecule has 0 N–H and O–H groups in total. The summed E-state index contributed by atoms with van der Waals surface area (Å²) in [6.07, 6.45) is 0. The first-order chi connectivity index (χ1) is 13.2. The van der Waals surface area contributed by atoms with Gasteiger partial charge in [-0.05, 0) is 23.8 Å². The van der Waals surface area contributed by atoms with E-state index in [0.29, 0.717) is 5.75 Å². The molecule has 2 aromatic carbocycles. The summed E-state index contributed by atoms with van der Waals surface area (Å²) in [6, 6.07) is 12.9. The number of hydrogen-bond donors (Lipinski definition) is 0. The Morgan fingerprint density at radius 3 is 2.74 bits per heavy atom. The van der Waals surface area contributed by atoms with Gasteiger partial charge in [-0.3, -0.25) is 4.90 Å². The number of para-hydroxylation sites is 1. The fourth-order valence-electron chi connectivity index (χ4n) is 3.02. The van der Waals surface area contributed by atoms with Gasteiger partial charge in [0, 0.05) is 28.7 Å². The Morgan fingerprint density at radius 2 is 1.93 bits per heavy atom. The summed E-state index contributed by atoms with van der Waals surface area (Å²) in [5, 5.41) is 2.01. The molecule has 1 aromatic heterocycles. The zero-order chi connectivity index (χ0) is 18.6. The monoisotopic (exact) mass is 447 g/mol. The summed E-state index contributed by atoms with van der Waals surface area (Å²) < 4.78 is 19.5. The van der Waals surface area contributed by atoms with Gasteiger partial charge in [-0.25, -0.2) is 14.4 Å². The van der Waals surface area contributed by atoms with E-state index in [9.17, 15) is 4.39 Å². The van der Waals surface area contributed by atoms with Crippen LogP contribution in [0.1, 0.15) is 11.4 Å². The Bertz CT molecular complexity index is 950. The van der Waals surface area contributed by atoms with Crippen molar-refractivity contribution in [2.24, 2.45) is 0 Å². The Morgan fingerprint density at radius 1 is 1.11 bits per heavy atom. The van der Waals surface area contributed by atoms with Crippen molar-refractivity contribution in [3.05, 3.63) is 64.1 Å². The van der Waals surface area contributed by atoms with Gasteiger partial charge in [0.25, 0.3) is 0 Å². The number of halogens is 2. The van der Waals surface area contributed by atoms with Crippen LogP contribution in [0.2, 0.25) is 0 Å². The number of rotatable bonds is 5. The molecule has 1 saturated heterocycles. The van der Waals surface area contributed by atoms with Crippen LogP contribution in [-0.2, 0) is 17.0 Å². The van der Waals surface area contributed by atoms with Crippen molar-refractivity contribution < 1.29 is 9.13 Å². The lowest BCUT2D eigenvalue weighted by Crippen LogP contribution is -2.36. The lowest BCUT2D eigenvalue weighted by atomic mass is 10.2. The first-order valence-corrected chi connectivity index (χ1v) is 10.6. The summed E-state index contributed by atoms with van der Waals surface area (Å²) in [5.41, 5.74) is 2.00. The van der Waals surface area contributed by atoms with Gasteiger partial charge in [0.1, 0.15) is 16.7 Å². The molecule has 1 aliphatic rings. The van der Waals surface area contributed by atoms with Crippen LogP contribution in [0.5, 0.6) is 0 Å². The Kier molecular flexibility index (Phi) is 6.02. The average Bonchev–Trinajstić information content (AvgIpc) is 2.68. The fourth-order valence-corrected chi connectivity index (χ4v) is 4.74. The standard InChI is InChI=1S/C20H19BrFN3OS/c21-17-11-15(22)6-5-14(17)13-27-20-16-3-1-2-4-18(16)23-19(24-20)12-25-7-9-26-10-8-25/h1-6,11H,7-10,12-13H2. The lowest BCUT2D eigenvalue weighted by Gasteiger charge is -2.25. The molecular formula is C20H19BrFN3OS. The fraction of sp³-hybridized carbons (Fsp3) is 0.300. The van der Waals surface area contributed by atoms with Crippen LogP contribution >= 0.6 is 27.7 Å². The van der Waals surface area contributed by atoms with Gasteiger partial charge < -0.3 is 4.74 Å². The van der Waals surface area contributed by atoms with E-state index in [0.717, 1.165) is 64.6 Å². The van der Waals surface area contributed by atoms with Crippen LogP contribution in [-0.4, -0.2) is 41.2 Å². The van der Waals surface area contributed by atoms with Gasteiger partial charge in [0.15, 0.2) is 0 Å². The summed E-state index contributed by atoms with van der Waals surface area (Å²) >= 11 is 5.10. The Hall–Kier alpha value is -1.54. The number of hydrogen-bond acceptors (Lipinski definition) is 5. The normalized spacial score (nSPS) is 15.3. The van der Waals surface area contributed by atoms with E-state index < -0.39 is 0 Å². The SMILES string of the molecule is Fc1ccc(CSc2nc(CN3CCOCC3)nc3ccccc23)c(Br)c1. The lowest BCUT2D eigenvalue weighted by molar-refractivity contribution is 0.0330. The van der Waals surface area contributed by atoms with Crippen molar-refractivity contribution in [2.75, 3.05) is 26.3 Å². The van der Waals surface area contributed by atoms with E-state index in [1.54, 1.807) is 11.8 Å². The number of ether oxygens (including phenoxy) is 1. The number of thioether (sulfide) groups is 1. The third-order valence-electron chi connectivity index (χ3n) is 4.46. The second-order valence-electron chi connectivity index (χ2n) is 6.38. The molecule has 0 amide bonds. The number of morpholine rings is 1. The minimum Gasteiger partial charge on any atom is -0.379 e. The van der Waals surface area contributed by atoms with Gasteiger partial charge in [0.2, 0.25) is 0 Å². The topological polar surface area (TPSA) is 38.2 Å².